The van der Waals surface area contributed by atoms with E-state index in [4.69, 9.17) is 4.42 Å². The van der Waals surface area contributed by atoms with Crippen LogP contribution >= 0.6 is 0 Å². The minimum Gasteiger partial charge on any atom is -0.481 e. The Morgan fingerprint density at radius 1 is 1.08 bits per heavy atom. The fourth-order valence-corrected chi connectivity index (χ4v) is 6.10. The van der Waals surface area contributed by atoms with Crippen LogP contribution in [0, 0.1) is 29.4 Å². The summed E-state index contributed by atoms with van der Waals surface area (Å²) in [5, 5.41) is 20.4. The molecule has 4 heterocycles. The zero-order valence-corrected chi connectivity index (χ0v) is 19.7. The Morgan fingerprint density at radius 3 is 2.62 bits per heavy atom. The standard InChI is InChI=1S/C26H24F2N6O3/c27-14-9-15-21(33-34-23(15)29-10-14)25-31-22(17-8-7-16(37-17)11-1-2-11)19(28)24(32-25)30-20-13-5-3-12(4-6-13)18(20)26(35)36/h7-13,18,20H,1-6H2,(H,35,36)(H,29,33,34)(H,30,31,32). The Hall–Kier alpha value is -3.89. The lowest BCUT2D eigenvalue weighted by Crippen LogP contribution is -2.51. The van der Waals surface area contributed by atoms with E-state index in [0.29, 0.717) is 11.3 Å². The number of furan rings is 1. The SMILES string of the molecule is O=C(O)C1C2CCC(CC2)C1Nc1nc(-c2[nH]nc3ncc(F)cc23)nc(-c2ccc(C3CC3)o2)c1F. The highest BCUT2D eigenvalue weighted by atomic mass is 19.1. The normalized spacial score (nSPS) is 25.0. The number of carboxylic acid groups (broad SMARTS) is 1. The van der Waals surface area contributed by atoms with Crippen molar-refractivity contribution in [3.05, 3.63) is 41.8 Å². The van der Waals surface area contributed by atoms with Gasteiger partial charge in [-0.1, -0.05) is 0 Å². The van der Waals surface area contributed by atoms with Gasteiger partial charge in [-0.05, 0) is 68.6 Å². The van der Waals surface area contributed by atoms with E-state index in [1.807, 2.05) is 6.07 Å². The summed E-state index contributed by atoms with van der Waals surface area (Å²) >= 11 is 0. The molecular formula is C26H24F2N6O3. The van der Waals surface area contributed by atoms with E-state index < -0.39 is 29.6 Å². The molecule has 4 fully saturated rings. The van der Waals surface area contributed by atoms with Crippen LogP contribution in [0.15, 0.2) is 28.8 Å². The molecule has 0 amide bonds. The van der Waals surface area contributed by atoms with Crippen LogP contribution in [0.5, 0.6) is 0 Å². The van der Waals surface area contributed by atoms with Crippen LogP contribution in [0.4, 0.5) is 14.6 Å². The quantitative estimate of drug-likeness (QED) is 0.328. The Bertz CT molecular complexity index is 1520. The third-order valence-electron chi connectivity index (χ3n) is 8.10. The van der Waals surface area contributed by atoms with Crippen molar-refractivity contribution >= 4 is 22.8 Å². The van der Waals surface area contributed by atoms with Crippen LogP contribution < -0.4 is 5.32 Å². The lowest BCUT2D eigenvalue weighted by Gasteiger charge is -2.47. The van der Waals surface area contributed by atoms with Gasteiger partial charge in [0.1, 0.15) is 23.0 Å². The summed E-state index contributed by atoms with van der Waals surface area (Å²) in [4.78, 5) is 25.1. The number of aliphatic carboxylic acids is 1. The number of nitrogens with zero attached hydrogens (tertiary/aromatic N) is 4. The number of hydrogen-bond acceptors (Lipinski definition) is 7. The van der Waals surface area contributed by atoms with Gasteiger partial charge in [0.2, 0.25) is 0 Å². The number of hydrogen-bond donors (Lipinski definition) is 3. The first kappa shape index (κ1) is 22.3. The average Bonchev–Trinajstić information content (AvgIpc) is 3.48. The molecule has 2 unspecified atom stereocenters. The number of H-pyrrole nitrogens is 1. The van der Waals surface area contributed by atoms with E-state index in [1.54, 1.807) is 6.07 Å². The highest BCUT2D eigenvalue weighted by Crippen LogP contribution is 2.47. The maximum absolute atomic E-state index is 16.0. The van der Waals surface area contributed by atoms with Crippen LogP contribution in [0.1, 0.15) is 50.2 Å². The van der Waals surface area contributed by atoms with Gasteiger partial charge in [0.25, 0.3) is 0 Å². The fraction of sp³-hybridized carbons (Fsp3) is 0.423. The second-order valence-electron chi connectivity index (χ2n) is 10.4. The van der Waals surface area contributed by atoms with Gasteiger partial charge in [-0.3, -0.25) is 9.89 Å². The second-order valence-corrected chi connectivity index (χ2v) is 10.4. The molecule has 0 radical (unpaired) electrons. The van der Waals surface area contributed by atoms with Gasteiger partial charge in [0.15, 0.2) is 28.9 Å². The first-order valence-electron chi connectivity index (χ1n) is 12.6. The van der Waals surface area contributed by atoms with Gasteiger partial charge in [-0.15, -0.1) is 0 Å². The molecule has 4 saturated carbocycles. The van der Waals surface area contributed by atoms with Crippen LogP contribution in [0.2, 0.25) is 0 Å². The van der Waals surface area contributed by atoms with Gasteiger partial charge < -0.3 is 14.8 Å². The van der Waals surface area contributed by atoms with Gasteiger partial charge in [0.05, 0.1) is 17.5 Å². The van der Waals surface area contributed by atoms with Gasteiger partial charge in [0, 0.05) is 12.0 Å². The van der Waals surface area contributed by atoms with E-state index in [0.717, 1.165) is 50.5 Å². The summed E-state index contributed by atoms with van der Waals surface area (Å²) in [5.41, 5.74) is 0.490. The third-order valence-corrected chi connectivity index (χ3v) is 8.10. The highest BCUT2D eigenvalue weighted by molar-refractivity contribution is 5.89. The van der Waals surface area contributed by atoms with Crippen molar-refractivity contribution < 1.29 is 23.1 Å². The first-order chi connectivity index (χ1) is 18.0. The zero-order chi connectivity index (χ0) is 25.3. The molecule has 2 atom stereocenters. The Balaban J connectivity index is 1.36. The lowest BCUT2D eigenvalue weighted by molar-refractivity contribution is -0.148. The molecular weight excluding hydrogens is 482 g/mol. The van der Waals surface area contributed by atoms with Crippen molar-refractivity contribution in [2.45, 2.75) is 50.5 Å². The molecule has 4 aromatic rings. The summed E-state index contributed by atoms with van der Waals surface area (Å²) < 4.78 is 36.0. The monoisotopic (exact) mass is 506 g/mol. The highest BCUT2D eigenvalue weighted by Gasteiger charge is 2.47. The molecule has 0 spiro atoms. The topological polar surface area (TPSA) is 130 Å². The van der Waals surface area contributed by atoms with E-state index >= 15 is 4.39 Å². The molecule has 11 heteroatoms. The molecule has 4 aliphatic rings. The molecule has 4 aromatic heterocycles. The maximum atomic E-state index is 16.0. The van der Waals surface area contributed by atoms with E-state index in [-0.39, 0.29) is 46.3 Å². The number of fused-ring (bicyclic) bond motifs is 4. The third kappa shape index (κ3) is 3.75. The van der Waals surface area contributed by atoms with Crippen molar-refractivity contribution in [1.29, 1.82) is 0 Å². The molecule has 3 N–H and O–H groups in total. The number of halogens is 2. The fourth-order valence-electron chi connectivity index (χ4n) is 6.10. The molecule has 8 rings (SSSR count). The smallest absolute Gasteiger partial charge is 0.308 e. The largest absolute Gasteiger partial charge is 0.481 e. The number of nitrogens with one attached hydrogen (secondary N) is 2. The first-order valence-corrected chi connectivity index (χ1v) is 12.6. The van der Waals surface area contributed by atoms with Crippen molar-refractivity contribution in [1.82, 2.24) is 25.1 Å². The Morgan fingerprint density at radius 2 is 1.86 bits per heavy atom. The summed E-state index contributed by atoms with van der Waals surface area (Å²) in [6.07, 6.45) is 6.60. The van der Waals surface area contributed by atoms with Crippen molar-refractivity contribution in [3.63, 3.8) is 0 Å². The number of aromatic nitrogens is 5. The second kappa shape index (κ2) is 8.32. The number of carboxylic acids is 1. The van der Waals surface area contributed by atoms with E-state index in [9.17, 15) is 14.3 Å². The molecule has 4 aliphatic carbocycles. The number of rotatable bonds is 6. The van der Waals surface area contributed by atoms with Crippen LogP contribution in [0.3, 0.4) is 0 Å². The molecule has 0 aliphatic heterocycles. The summed E-state index contributed by atoms with van der Waals surface area (Å²) in [7, 11) is 0. The summed E-state index contributed by atoms with van der Waals surface area (Å²) in [5.74, 6) is -1.34. The van der Waals surface area contributed by atoms with Crippen molar-refractivity contribution in [2.24, 2.45) is 17.8 Å². The molecule has 2 bridgehead atoms. The summed E-state index contributed by atoms with van der Waals surface area (Å²) in [6, 6.07) is 4.31. The number of pyridine rings is 1. The maximum Gasteiger partial charge on any atom is 0.308 e. The van der Waals surface area contributed by atoms with Crippen molar-refractivity contribution in [2.75, 3.05) is 5.32 Å². The number of carbonyl (C=O) groups is 1. The van der Waals surface area contributed by atoms with Gasteiger partial charge in [-0.2, -0.15) is 5.10 Å². The van der Waals surface area contributed by atoms with Gasteiger partial charge >= 0.3 is 5.97 Å². The number of aromatic amines is 1. The minimum atomic E-state index is -0.886. The Labute approximate surface area is 209 Å². The molecule has 0 saturated heterocycles. The van der Waals surface area contributed by atoms with Crippen LogP contribution in [-0.2, 0) is 4.79 Å². The molecule has 0 aromatic carbocycles. The Kier molecular flexibility index (Phi) is 5.02. The number of anilines is 1. The average molecular weight is 507 g/mol. The van der Waals surface area contributed by atoms with Crippen LogP contribution in [-0.4, -0.2) is 42.3 Å². The molecule has 37 heavy (non-hydrogen) atoms. The summed E-state index contributed by atoms with van der Waals surface area (Å²) in [6.45, 7) is 0. The van der Waals surface area contributed by atoms with E-state index in [1.165, 1.54) is 6.07 Å². The minimum absolute atomic E-state index is 0.0422. The molecule has 190 valence electrons. The predicted octanol–water partition coefficient (Wildman–Crippen LogP) is 5.13. The van der Waals surface area contributed by atoms with Crippen molar-refractivity contribution in [3.8, 4) is 23.0 Å². The van der Waals surface area contributed by atoms with E-state index in [2.05, 4.69) is 30.5 Å². The van der Waals surface area contributed by atoms with Crippen LogP contribution in [0.25, 0.3) is 34.0 Å². The predicted molar refractivity (Wildman–Crippen MR) is 128 cm³/mol. The zero-order valence-electron chi connectivity index (χ0n) is 19.7. The lowest BCUT2D eigenvalue weighted by atomic mass is 9.61. The molecule has 9 nitrogen and oxygen atoms in total. The van der Waals surface area contributed by atoms with Gasteiger partial charge in [-0.25, -0.2) is 23.7 Å².